The Hall–Kier alpha value is -0.370. The Labute approximate surface area is 87.2 Å². The van der Waals surface area contributed by atoms with E-state index >= 15 is 0 Å². The van der Waals surface area contributed by atoms with Gasteiger partial charge in [-0.3, -0.25) is 4.79 Å². The van der Waals surface area contributed by atoms with E-state index in [4.69, 9.17) is 5.73 Å². The zero-order valence-corrected chi connectivity index (χ0v) is 9.30. The van der Waals surface area contributed by atoms with Crippen LogP contribution in [0, 0.1) is 5.92 Å². The molecule has 0 bridgehead atoms. The van der Waals surface area contributed by atoms with Gasteiger partial charge in [0.25, 0.3) is 0 Å². The first-order chi connectivity index (χ1) is 6.75. The van der Waals surface area contributed by atoms with Gasteiger partial charge in [0.1, 0.15) is 0 Å². The molecular formula is C12H23NO. The SMILES string of the molecule is CCCCC(N)C(=O)C1CCCCC1. The van der Waals surface area contributed by atoms with Gasteiger partial charge in [-0.2, -0.15) is 0 Å². The molecule has 0 saturated heterocycles. The van der Waals surface area contributed by atoms with Gasteiger partial charge in [0, 0.05) is 5.92 Å². The van der Waals surface area contributed by atoms with Crippen molar-refractivity contribution in [2.45, 2.75) is 64.3 Å². The highest BCUT2D eigenvalue weighted by molar-refractivity contribution is 5.86. The van der Waals surface area contributed by atoms with Gasteiger partial charge >= 0.3 is 0 Å². The van der Waals surface area contributed by atoms with Gasteiger partial charge in [0.15, 0.2) is 5.78 Å². The van der Waals surface area contributed by atoms with Crippen LogP contribution in [-0.4, -0.2) is 11.8 Å². The van der Waals surface area contributed by atoms with E-state index in [1.54, 1.807) is 0 Å². The largest absolute Gasteiger partial charge is 0.321 e. The molecule has 0 radical (unpaired) electrons. The Morgan fingerprint density at radius 1 is 1.36 bits per heavy atom. The summed E-state index contributed by atoms with van der Waals surface area (Å²) in [6.45, 7) is 2.14. The minimum absolute atomic E-state index is 0.182. The monoisotopic (exact) mass is 197 g/mol. The maximum absolute atomic E-state index is 11.9. The molecule has 2 heteroatoms. The number of nitrogens with two attached hydrogens (primary N) is 1. The summed E-state index contributed by atoms with van der Waals surface area (Å²) < 4.78 is 0. The van der Waals surface area contributed by atoms with Crippen LogP contribution in [0.5, 0.6) is 0 Å². The number of ketones is 1. The molecule has 0 aromatic carbocycles. The summed E-state index contributed by atoms with van der Waals surface area (Å²) in [4.78, 5) is 11.9. The highest BCUT2D eigenvalue weighted by atomic mass is 16.1. The number of unbranched alkanes of at least 4 members (excludes halogenated alkanes) is 1. The Morgan fingerprint density at radius 3 is 2.57 bits per heavy atom. The molecule has 1 aliphatic carbocycles. The smallest absolute Gasteiger partial charge is 0.152 e. The third-order valence-electron chi connectivity index (χ3n) is 3.24. The normalized spacial score (nSPS) is 20.7. The molecular weight excluding hydrogens is 174 g/mol. The van der Waals surface area contributed by atoms with Crippen molar-refractivity contribution in [1.29, 1.82) is 0 Å². The van der Waals surface area contributed by atoms with Crippen LogP contribution in [0.1, 0.15) is 58.3 Å². The number of hydrogen-bond donors (Lipinski definition) is 1. The molecule has 0 aliphatic heterocycles. The second-order valence-electron chi connectivity index (χ2n) is 4.49. The summed E-state index contributed by atoms with van der Waals surface area (Å²) in [6.07, 6.45) is 9.00. The molecule has 1 rings (SSSR count). The highest BCUT2D eigenvalue weighted by Gasteiger charge is 2.25. The Kier molecular flexibility index (Phi) is 5.16. The summed E-state index contributed by atoms with van der Waals surface area (Å²) in [5.74, 6) is 0.619. The summed E-state index contributed by atoms with van der Waals surface area (Å²) in [5, 5.41) is 0. The van der Waals surface area contributed by atoms with Crippen molar-refractivity contribution in [1.82, 2.24) is 0 Å². The van der Waals surface area contributed by atoms with Crippen LogP contribution in [0.15, 0.2) is 0 Å². The zero-order chi connectivity index (χ0) is 10.4. The first kappa shape index (κ1) is 11.7. The number of hydrogen-bond acceptors (Lipinski definition) is 2. The summed E-state index contributed by atoms with van der Waals surface area (Å²) in [7, 11) is 0. The predicted octanol–water partition coefficient (Wildman–Crippen LogP) is 2.65. The Morgan fingerprint density at radius 2 is 2.00 bits per heavy atom. The molecule has 2 nitrogen and oxygen atoms in total. The van der Waals surface area contributed by atoms with E-state index < -0.39 is 0 Å². The van der Waals surface area contributed by atoms with Crippen LogP contribution in [0.3, 0.4) is 0 Å². The molecule has 1 saturated carbocycles. The lowest BCUT2D eigenvalue weighted by Crippen LogP contribution is -2.36. The van der Waals surface area contributed by atoms with Crippen molar-refractivity contribution in [2.75, 3.05) is 0 Å². The zero-order valence-electron chi connectivity index (χ0n) is 9.30. The van der Waals surface area contributed by atoms with Gasteiger partial charge in [-0.25, -0.2) is 0 Å². The summed E-state index contributed by atoms with van der Waals surface area (Å²) >= 11 is 0. The van der Waals surface area contributed by atoms with E-state index in [0.717, 1.165) is 32.1 Å². The van der Waals surface area contributed by atoms with Crippen molar-refractivity contribution in [2.24, 2.45) is 11.7 Å². The van der Waals surface area contributed by atoms with Crippen LogP contribution in [0.4, 0.5) is 0 Å². The lowest BCUT2D eigenvalue weighted by Gasteiger charge is -2.23. The third-order valence-corrected chi connectivity index (χ3v) is 3.24. The van der Waals surface area contributed by atoms with Crippen LogP contribution < -0.4 is 5.73 Å². The van der Waals surface area contributed by atoms with Gasteiger partial charge in [0.2, 0.25) is 0 Å². The van der Waals surface area contributed by atoms with Gasteiger partial charge in [-0.15, -0.1) is 0 Å². The van der Waals surface area contributed by atoms with E-state index in [2.05, 4.69) is 6.92 Å². The van der Waals surface area contributed by atoms with Gasteiger partial charge < -0.3 is 5.73 Å². The van der Waals surface area contributed by atoms with E-state index in [0.29, 0.717) is 5.78 Å². The van der Waals surface area contributed by atoms with Crippen LogP contribution >= 0.6 is 0 Å². The van der Waals surface area contributed by atoms with Crippen LogP contribution in [0.25, 0.3) is 0 Å². The summed E-state index contributed by atoms with van der Waals surface area (Å²) in [6, 6.07) is -0.182. The molecule has 0 heterocycles. The number of carbonyl (C=O) groups is 1. The fraction of sp³-hybridized carbons (Fsp3) is 0.917. The predicted molar refractivity (Wildman–Crippen MR) is 59.1 cm³/mol. The van der Waals surface area contributed by atoms with Crippen molar-refractivity contribution in [3.8, 4) is 0 Å². The fourth-order valence-electron chi connectivity index (χ4n) is 2.26. The third kappa shape index (κ3) is 3.41. The minimum Gasteiger partial charge on any atom is -0.321 e. The molecule has 0 spiro atoms. The van der Waals surface area contributed by atoms with E-state index in [1.165, 1.54) is 19.3 Å². The molecule has 0 aromatic rings. The molecule has 2 N–H and O–H groups in total. The van der Waals surface area contributed by atoms with Crippen molar-refractivity contribution < 1.29 is 4.79 Å². The molecule has 1 fully saturated rings. The van der Waals surface area contributed by atoms with Gasteiger partial charge in [0.05, 0.1) is 6.04 Å². The average molecular weight is 197 g/mol. The highest BCUT2D eigenvalue weighted by Crippen LogP contribution is 2.25. The number of rotatable bonds is 5. The molecule has 1 unspecified atom stereocenters. The fourth-order valence-corrected chi connectivity index (χ4v) is 2.26. The van der Waals surface area contributed by atoms with E-state index in [-0.39, 0.29) is 12.0 Å². The maximum Gasteiger partial charge on any atom is 0.152 e. The van der Waals surface area contributed by atoms with Crippen molar-refractivity contribution in [3.63, 3.8) is 0 Å². The second-order valence-corrected chi connectivity index (χ2v) is 4.49. The number of Topliss-reactive ketones (excluding diaryl/α,β-unsaturated/α-hetero) is 1. The van der Waals surface area contributed by atoms with Crippen LogP contribution in [-0.2, 0) is 4.79 Å². The van der Waals surface area contributed by atoms with E-state index in [9.17, 15) is 4.79 Å². The minimum atomic E-state index is -0.182. The lowest BCUT2D eigenvalue weighted by atomic mass is 9.83. The van der Waals surface area contributed by atoms with Gasteiger partial charge in [-0.1, -0.05) is 39.0 Å². The van der Waals surface area contributed by atoms with Crippen molar-refractivity contribution in [3.05, 3.63) is 0 Å². The Bertz CT molecular complexity index is 173. The first-order valence-electron chi connectivity index (χ1n) is 6.05. The molecule has 14 heavy (non-hydrogen) atoms. The maximum atomic E-state index is 11.9. The lowest BCUT2D eigenvalue weighted by molar-refractivity contribution is -0.125. The molecule has 1 atom stereocenters. The molecule has 0 aromatic heterocycles. The molecule has 82 valence electrons. The van der Waals surface area contributed by atoms with Crippen LogP contribution in [0.2, 0.25) is 0 Å². The first-order valence-corrected chi connectivity index (χ1v) is 6.05. The molecule has 0 amide bonds. The topological polar surface area (TPSA) is 43.1 Å². The number of carbonyl (C=O) groups excluding carboxylic acids is 1. The Balaban J connectivity index is 2.30. The summed E-state index contributed by atoms with van der Waals surface area (Å²) in [5.41, 5.74) is 5.88. The average Bonchev–Trinajstić information content (AvgIpc) is 2.26. The quantitative estimate of drug-likeness (QED) is 0.736. The molecule has 1 aliphatic rings. The van der Waals surface area contributed by atoms with Gasteiger partial charge in [-0.05, 0) is 19.3 Å². The van der Waals surface area contributed by atoms with Crippen molar-refractivity contribution >= 4 is 5.78 Å². The van der Waals surface area contributed by atoms with E-state index in [1.807, 2.05) is 0 Å². The second kappa shape index (κ2) is 6.18. The standard InChI is InChI=1S/C12H23NO/c1-2-3-9-11(13)12(14)10-7-5-4-6-8-10/h10-11H,2-9,13H2,1H3.